The van der Waals surface area contributed by atoms with Crippen LogP contribution in [0.25, 0.3) is 0 Å². The summed E-state index contributed by atoms with van der Waals surface area (Å²) in [6, 6.07) is 13.1. The van der Waals surface area contributed by atoms with Gasteiger partial charge in [-0.15, -0.1) is 0 Å². The fourth-order valence-corrected chi connectivity index (χ4v) is 3.39. The summed E-state index contributed by atoms with van der Waals surface area (Å²) in [4.78, 5) is 18.7. The van der Waals surface area contributed by atoms with Crippen LogP contribution >= 0.6 is 0 Å². The van der Waals surface area contributed by atoms with Gasteiger partial charge in [0.05, 0.1) is 10.5 Å². The van der Waals surface area contributed by atoms with Crippen molar-refractivity contribution < 1.29 is 10.0 Å². The maximum Gasteiger partial charge on any atom is 0.311 e. The Morgan fingerprint density at radius 2 is 2.08 bits per heavy atom. The standard InChI is InChI=1S/C18H22N4O3/c1-20(17-16(22(24)25)8-5-10-19-17)13-18(23)9-11-21(14-18)12-15-6-3-2-4-7-15/h2-8,10,23H,9,11-14H2,1H3. The van der Waals surface area contributed by atoms with Gasteiger partial charge in [0, 0.05) is 45.5 Å². The first-order chi connectivity index (χ1) is 12.0. The first kappa shape index (κ1) is 17.3. The molecule has 0 amide bonds. The molecule has 25 heavy (non-hydrogen) atoms. The molecule has 0 saturated carbocycles. The molecule has 1 atom stereocenters. The molecule has 1 fully saturated rings. The number of hydrogen-bond donors (Lipinski definition) is 1. The summed E-state index contributed by atoms with van der Waals surface area (Å²) in [5, 5.41) is 22.1. The van der Waals surface area contributed by atoms with E-state index in [1.54, 1.807) is 18.0 Å². The van der Waals surface area contributed by atoms with Crippen LogP contribution < -0.4 is 4.90 Å². The van der Waals surface area contributed by atoms with Crippen LogP contribution in [0.1, 0.15) is 12.0 Å². The maximum absolute atomic E-state index is 11.2. The highest BCUT2D eigenvalue weighted by Crippen LogP contribution is 2.28. The highest BCUT2D eigenvalue weighted by molar-refractivity contribution is 5.57. The molecule has 1 aromatic heterocycles. The summed E-state index contributed by atoms with van der Waals surface area (Å²) < 4.78 is 0. The van der Waals surface area contributed by atoms with Crippen molar-refractivity contribution in [2.75, 3.05) is 31.6 Å². The largest absolute Gasteiger partial charge is 0.387 e. The lowest BCUT2D eigenvalue weighted by molar-refractivity contribution is -0.384. The molecule has 2 heterocycles. The van der Waals surface area contributed by atoms with E-state index < -0.39 is 10.5 Å². The van der Waals surface area contributed by atoms with Crippen molar-refractivity contribution in [1.29, 1.82) is 0 Å². The maximum atomic E-state index is 11.2. The number of nitrogens with zero attached hydrogens (tertiary/aromatic N) is 4. The highest BCUT2D eigenvalue weighted by atomic mass is 16.6. The second-order valence-electron chi connectivity index (χ2n) is 6.63. The molecule has 0 radical (unpaired) electrons. The van der Waals surface area contributed by atoms with Crippen molar-refractivity contribution in [1.82, 2.24) is 9.88 Å². The number of rotatable bonds is 6. The molecule has 0 spiro atoms. The van der Waals surface area contributed by atoms with Gasteiger partial charge in [0.15, 0.2) is 0 Å². The van der Waals surface area contributed by atoms with E-state index >= 15 is 0 Å². The van der Waals surface area contributed by atoms with Crippen molar-refractivity contribution in [3.05, 3.63) is 64.3 Å². The number of likely N-dealkylation sites (N-methyl/N-ethyl adjacent to an activating group) is 1. The molecule has 0 bridgehead atoms. The summed E-state index contributed by atoms with van der Waals surface area (Å²) >= 11 is 0. The SMILES string of the molecule is CN(CC1(O)CCN(Cc2ccccc2)C1)c1ncccc1[N+](=O)[O-]. The van der Waals surface area contributed by atoms with Gasteiger partial charge in [0.25, 0.3) is 0 Å². The van der Waals surface area contributed by atoms with Crippen molar-refractivity contribution in [2.45, 2.75) is 18.6 Å². The summed E-state index contributed by atoms with van der Waals surface area (Å²) in [5.41, 5.74) is 0.253. The Labute approximate surface area is 146 Å². The van der Waals surface area contributed by atoms with Gasteiger partial charge < -0.3 is 10.0 Å². The molecular weight excluding hydrogens is 320 g/mol. The zero-order valence-corrected chi connectivity index (χ0v) is 14.2. The second-order valence-corrected chi connectivity index (χ2v) is 6.63. The molecule has 1 aliphatic heterocycles. The summed E-state index contributed by atoms with van der Waals surface area (Å²) in [6.07, 6.45) is 2.16. The first-order valence-corrected chi connectivity index (χ1v) is 8.26. The van der Waals surface area contributed by atoms with E-state index in [1.807, 2.05) is 18.2 Å². The first-order valence-electron chi connectivity index (χ1n) is 8.26. The molecule has 132 valence electrons. The molecule has 7 nitrogen and oxygen atoms in total. The monoisotopic (exact) mass is 342 g/mol. The molecule has 1 aromatic carbocycles. The predicted molar refractivity (Wildman–Crippen MR) is 95.4 cm³/mol. The van der Waals surface area contributed by atoms with Crippen LogP contribution in [-0.2, 0) is 6.54 Å². The molecule has 1 saturated heterocycles. The molecule has 0 aliphatic carbocycles. The van der Waals surface area contributed by atoms with Crippen LogP contribution in [-0.4, -0.2) is 52.2 Å². The number of anilines is 1. The number of aliphatic hydroxyl groups is 1. The quantitative estimate of drug-likeness (QED) is 0.639. The van der Waals surface area contributed by atoms with Gasteiger partial charge in [-0.1, -0.05) is 30.3 Å². The van der Waals surface area contributed by atoms with Crippen LogP contribution in [0.4, 0.5) is 11.5 Å². The van der Waals surface area contributed by atoms with E-state index in [0.717, 1.165) is 13.1 Å². The second kappa shape index (κ2) is 7.16. The lowest BCUT2D eigenvalue weighted by atomic mass is 10.0. The Hall–Kier alpha value is -2.51. The van der Waals surface area contributed by atoms with Gasteiger partial charge in [0.1, 0.15) is 0 Å². The van der Waals surface area contributed by atoms with E-state index in [9.17, 15) is 15.2 Å². The van der Waals surface area contributed by atoms with Gasteiger partial charge in [-0.3, -0.25) is 15.0 Å². The number of pyridine rings is 1. The summed E-state index contributed by atoms with van der Waals surface area (Å²) in [6.45, 7) is 2.42. The molecule has 1 aliphatic rings. The van der Waals surface area contributed by atoms with Crippen molar-refractivity contribution in [2.24, 2.45) is 0 Å². The van der Waals surface area contributed by atoms with Crippen molar-refractivity contribution in [3.63, 3.8) is 0 Å². The van der Waals surface area contributed by atoms with E-state index in [-0.39, 0.29) is 11.5 Å². The average molecular weight is 342 g/mol. The number of likely N-dealkylation sites (tertiary alicyclic amines) is 1. The van der Waals surface area contributed by atoms with Gasteiger partial charge in [-0.2, -0.15) is 0 Å². The smallest absolute Gasteiger partial charge is 0.311 e. The van der Waals surface area contributed by atoms with E-state index in [0.29, 0.717) is 19.5 Å². The Balaban J connectivity index is 1.66. The molecule has 1 N–H and O–H groups in total. The van der Waals surface area contributed by atoms with Crippen molar-refractivity contribution >= 4 is 11.5 Å². The summed E-state index contributed by atoms with van der Waals surface area (Å²) in [7, 11) is 1.73. The van der Waals surface area contributed by atoms with Crippen LogP contribution in [0.2, 0.25) is 0 Å². The minimum Gasteiger partial charge on any atom is -0.387 e. The number of aromatic nitrogens is 1. The zero-order chi connectivity index (χ0) is 17.9. The molecule has 1 unspecified atom stereocenters. The molecular formula is C18H22N4O3. The fourth-order valence-electron chi connectivity index (χ4n) is 3.39. The number of β-amino-alcohol motifs (C(OH)–C–C–N with tert-alkyl or cyclic N) is 1. The Morgan fingerprint density at radius 3 is 2.80 bits per heavy atom. The Morgan fingerprint density at radius 1 is 1.32 bits per heavy atom. The summed E-state index contributed by atoms with van der Waals surface area (Å²) in [5.74, 6) is 0.280. The van der Waals surface area contributed by atoms with Crippen LogP contribution in [0.5, 0.6) is 0 Å². The van der Waals surface area contributed by atoms with Gasteiger partial charge in [-0.25, -0.2) is 4.98 Å². The van der Waals surface area contributed by atoms with Crippen LogP contribution in [0.3, 0.4) is 0 Å². The highest BCUT2D eigenvalue weighted by Gasteiger charge is 2.38. The van der Waals surface area contributed by atoms with Gasteiger partial charge >= 0.3 is 5.69 Å². The number of benzene rings is 1. The topological polar surface area (TPSA) is 82.7 Å². The molecule has 3 rings (SSSR count). The Bertz CT molecular complexity index is 740. The van der Waals surface area contributed by atoms with Crippen LogP contribution in [0.15, 0.2) is 48.7 Å². The third-order valence-corrected chi connectivity index (χ3v) is 4.52. The average Bonchev–Trinajstić information content (AvgIpc) is 2.96. The zero-order valence-electron chi connectivity index (χ0n) is 14.2. The van der Waals surface area contributed by atoms with E-state index in [2.05, 4.69) is 22.0 Å². The minimum absolute atomic E-state index is 0.0484. The molecule has 7 heteroatoms. The fraction of sp³-hybridized carbons (Fsp3) is 0.389. The predicted octanol–water partition coefficient (Wildman–Crippen LogP) is 2.06. The van der Waals surface area contributed by atoms with E-state index in [4.69, 9.17) is 0 Å². The third kappa shape index (κ3) is 4.12. The lowest BCUT2D eigenvalue weighted by Gasteiger charge is -2.29. The minimum atomic E-state index is -0.908. The number of hydrogen-bond acceptors (Lipinski definition) is 6. The number of nitro groups is 1. The third-order valence-electron chi connectivity index (χ3n) is 4.52. The van der Waals surface area contributed by atoms with Crippen molar-refractivity contribution in [3.8, 4) is 0 Å². The van der Waals surface area contributed by atoms with E-state index in [1.165, 1.54) is 17.8 Å². The van der Waals surface area contributed by atoms with Gasteiger partial charge in [-0.05, 0) is 18.1 Å². The van der Waals surface area contributed by atoms with Crippen LogP contribution in [0, 0.1) is 10.1 Å². The normalized spacial score (nSPS) is 20.6. The lowest BCUT2D eigenvalue weighted by Crippen LogP contribution is -2.44. The van der Waals surface area contributed by atoms with Gasteiger partial charge in [0.2, 0.25) is 5.82 Å². The Kier molecular flexibility index (Phi) is 4.96. The molecule has 2 aromatic rings.